The van der Waals surface area contributed by atoms with Gasteiger partial charge < -0.3 is 16.0 Å². The summed E-state index contributed by atoms with van der Waals surface area (Å²) in [4.78, 5) is 34.5. The van der Waals surface area contributed by atoms with Crippen molar-refractivity contribution in [2.45, 2.75) is 33.0 Å². The lowest BCUT2D eigenvalue weighted by Gasteiger charge is -2.16. The molecular weight excluding hydrogens is 561 g/mol. The molecule has 14 heteroatoms. The molecule has 10 nitrogen and oxygen atoms in total. The Morgan fingerprint density at radius 1 is 1.07 bits per heavy atom. The second kappa shape index (κ2) is 11.6. The predicted molar refractivity (Wildman–Crippen MR) is 145 cm³/mol. The van der Waals surface area contributed by atoms with E-state index in [2.05, 4.69) is 31.0 Å². The van der Waals surface area contributed by atoms with Crippen LogP contribution in [0.3, 0.4) is 0 Å². The van der Waals surface area contributed by atoms with Crippen LogP contribution in [-0.4, -0.2) is 37.6 Å². The molecule has 2 amide bonds. The van der Waals surface area contributed by atoms with Crippen molar-refractivity contribution in [1.82, 2.24) is 25.1 Å². The minimum absolute atomic E-state index is 0.0392. The van der Waals surface area contributed by atoms with Crippen LogP contribution in [0.1, 0.15) is 51.4 Å². The lowest BCUT2D eigenvalue weighted by atomic mass is 10.0. The average molecular weight is 583 g/mol. The van der Waals surface area contributed by atoms with Gasteiger partial charge in [-0.05, 0) is 62.7 Å². The molecule has 210 valence electrons. The highest BCUT2D eigenvalue weighted by molar-refractivity contribution is 6.32. The molecule has 0 aliphatic carbocycles. The molecule has 41 heavy (non-hydrogen) atoms. The van der Waals surface area contributed by atoms with Crippen LogP contribution in [0.25, 0.3) is 5.82 Å². The number of aryl methyl sites for hydroxylation is 1. The Morgan fingerprint density at radius 2 is 1.83 bits per heavy atom. The molecule has 0 fully saturated rings. The molecule has 0 bridgehead atoms. The highest BCUT2D eigenvalue weighted by Crippen LogP contribution is 2.30. The van der Waals surface area contributed by atoms with Gasteiger partial charge in [0.2, 0.25) is 0 Å². The number of nitrogens with zero attached hydrogens (tertiary/aromatic N) is 5. The Kier molecular flexibility index (Phi) is 8.25. The van der Waals surface area contributed by atoms with E-state index in [1.54, 1.807) is 26.8 Å². The Bertz CT molecular complexity index is 1660. The molecule has 4 rings (SSSR count). The molecular formula is C27H22ClF3N8O2. The summed E-state index contributed by atoms with van der Waals surface area (Å²) in [6.45, 7) is 5.18. The van der Waals surface area contributed by atoms with Crippen LogP contribution in [0.2, 0.25) is 5.02 Å². The van der Waals surface area contributed by atoms with Crippen molar-refractivity contribution in [3.63, 3.8) is 0 Å². The molecule has 0 atom stereocenters. The highest BCUT2D eigenvalue weighted by atomic mass is 35.5. The summed E-state index contributed by atoms with van der Waals surface area (Å²) in [5, 5.41) is 22.1. The molecule has 0 aliphatic rings. The normalized spacial score (nSPS) is 11.2. The first-order valence-electron chi connectivity index (χ1n) is 12.1. The second-order valence-electron chi connectivity index (χ2n) is 9.10. The summed E-state index contributed by atoms with van der Waals surface area (Å²) in [5.74, 6) is -1.01. The number of pyridine rings is 2. The van der Waals surface area contributed by atoms with Gasteiger partial charge in [-0.3, -0.25) is 9.59 Å². The van der Waals surface area contributed by atoms with E-state index in [0.29, 0.717) is 11.8 Å². The first kappa shape index (κ1) is 29.0. The largest absolute Gasteiger partial charge is 0.417 e. The van der Waals surface area contributed by atoms with E-state index in [1.165, 1.54) is 30.5 Å². The number of amides is 2. The zero-order valence-corrected chi connectivity index (χ0v) is 22.6. The molecule has 4 aromatic rings. The second-order valence-corrected chi connectivity index (χ2v) is 9.51. The first-order valence-corrected chi connectivity index (χ1v) is 12.4. The van der Waals surface area contributed by atoms with Gasteiger partial charge in [0.15, 0.2) is 11.6 Å². The Labute approximate surface area is 237 Å². The summed E-state index contributed by atoms with van der Waals surface area (Å²) >= 11 is 6.32. The lowest BCUT2D eigenvalue weighted by molar-refractivity contribution is -0.137. The van der Waals surface area contributed by atoms with Gasteiger partial charge in [0.25, 0.3) is 11.8 Å². The zero-order chi connectivity index (χ0) is 29.9. The van der Waals surface area contributed by atoms with Crippen LogP contribution in [0, 0.1) is 18.3 Å². The molecule has 0 unspecified atom stereocenters. The Hall–Kier alpha value is -4.96. The van der Waals surface area contributed by atoms with Gasteiger partial charge in [-0.15, -0.1) is 5.10 Å². The first-order chi connectivity index (χ1) is 19.4. The number of nitrogens with one attached hydrogen (secondary N) is 3. The third kappa shape index (κ3) is 6.62. The summed E-state index contributed by atoms with van der Waals surface area (Å²) < 4.78 is 39.9. The molecule has 3 aromatic heterocycles. The lowest BCUT2D eigenvalue weighted by Crippen LogP contribution is -2.31. The maximum atomic E-state index is 13.6. The number of anilines is 3. The number of aromatic nitrogens is 4. The van der Waals surface area contributed by atoms with Crippen molar-refractivity contribution in [3.8, 4) is 11.9 Å². The quantitative estimate of drug-likeness (QED) is 0.256. The van der Waals surface area contributed by atoms with Crippen LogP contribution in [-0.2, 0) is 6.18 Å². The van der Waals surface area contributed by atoms with Gasteiger partial charge in [0, 0.05) is 24.5 Å². The van der Waals surface area contributed by atoms with Crippen LogP contribution in [0.15, 0.2) is 54.9 Å². The van der Waals surface area contributed by atoms with Gasteiger partial charge in [-0.2, -0.15) is 18.4 Å². The van der Waals surface area contributed by atoms with E-state index in [-0.39, 0.29) is 51.0 Å². The number of hydrogen-bond acceptors (Lipinski definition) is 7. The number of benzene rings is 1. The van der Waals surface area contributed by atoms with Gasteiger partial charge in [-0.25, -0.2) is 14.6 Å². The fourth-order valence-electron chi connectivity index (χ4n) is 3.78. The van der Waals surface area contributed by atoms with Gasteiger partial charge in [0.05, 0.1) is 33.5 Å². The maximum Gasteiger partial charge on any atom is 0.417 e. The number of rotatable bonds is 7. The van der Waals surface area contributed by atoms with Crippen LogP contribution >= 0.6 is 11.6 Å². The van der Waals surface area contributed by atoms with Crippen LogP contribution in [0.4, 0.5) is 30.5 Å². The summed E-state index contributed by atoms with van der Waals surface area (Å²) in [5.41, 5.74) is -0.0532. The molecule has 3 N–H and O–H groups in total. The third-order valence-electron chi connectivity index (χ3n) is 5.60. The summed E-state index contributed by atoms with van der Waals surface area (Å²) in [7, 11) is 0. The van der Waals surface area contributed by atoms with Crippen LogP contribution < -0.4 is 16.0 Å². The number of carbonyl (C=O) groups excluding carboxylic acids is 2. The summed E-state index contributed by atoms with van der Waals surface area (Å²) in [6.07, 6.45) is -2.45. The highest BCUT2D eigenvalue weighted by Gasteiger charge is 2.31. The van der Waals surface area contributed by atoms with Crippen molar-refractivity contribution in [2.24, 2.45) is 0 Å². The number of carbonyl (C=O) groups is 2. The smallest absolute Gasteiger partial charge is 0.350 e. The van der Waals surface area contributed by atoms with Crippen molar-refractivity contribution in [3.05, 3.63) is 87.8 Å². The van der Waals surface area contributed by atoms with Crippen molar-refractivity contribution >= 4 is 40.7 Å². The molecule has 0 saturated heterocycles. The van der Waals surface area contributed by atoms with E-state index in [4.69, 9.17) is 11.6 Å². The number of alkyl halides is 3. The molecule has 3 heterocycles. The molecule has 0 aliphatic heterocycles. The topological polar surface area (TPSA) is 138 Å². The van der Waals surface area contributed by atoms with Crippen LogP contribution in [0.5, 0.6) is 0 Å². The van der Waals surface area contributed by atoms with E-state index in [9.17, 15) is 28.0 Å². The van der Waals surface area contributed by atoms with Crippen molar-refractivity contribution in [2.75, 3.05) is 10.6 Å². The third-order valence-corrected chi connectivity index (χ3v) is 5.89. The fraction of sp³-hybridized carbons (Fsp3) is 0.185. The van der Waals surface area contributed by atoms with E-state index in [0.717, 1.165) is 16.8 Å². The molecule has 0 spiro atoms. The average Bonchev–Trinajstić information content (AvgIpc) is 3.32. The fourth-order valence-corrected chi connectivity index (χ4v) is 3.98. The maximum absolute atomic E-state index is 13.6. The Balaban J connectivity index is 1.74. The number of nitriles is 1. The van der Waals surface area contributed by atoms with Gasteiger partial charge >= 0.3 is 6.18 Å². The molecule has 1 aromatic carbocycles. The van der Waals surface area contributed by atoms with E-state index < -0.39 is 23.6 Å². The Morgan fingerprint density at radius 3 is 2.44 bits per heavy atom. The van der Waals surface area contributed by atoms with Gasteiger partial charge in [-0.1, -0.05) is 11.6 Å². The number of hydrogen-bond donors (Lipinski definition) is 3. The number of halogens is 4. The minimum atomic E-state index is -4.55. The minimum Gasteiger partial charge on any atom is -0.350 e. The molecule has 0 radical (unpaired) electrons. The van der Waals surface area contributed by atoms with E-state index in [1.807, 2.05) is 6.07 Å². The SMILES string of the molecule is Cc1cc(C#N)cc(C(=O)NC(C)C)c1NC(=O)c1cc(Nc2ccc(C(F)(F)F)cn2)nn1-c1ncccc1Cl. The zero-order valence-electron chi connectivity index (χ0n) is 21.8. The monoisotopic (exact) mass is 582 g/mol. The predicted octanol–water partition coefficient (Wildman–Crippen LogP) is 5.65. The molecule has 0 saturated carbocycles. The van der Waals surface area contributed by atoms with Gasteiger partial charge in [0.1, 0.15) is 11.5 Å². The van der Waals surface area contributed by atoms with Crippen molar-refractivity contribution < 1.29 is 22.8 Å². The standard InChI is InChI=1S/C27H22ClF3N8O2/c1-14(2)35-25(40)18-10-16(12-32)9-15(3)23(18)37-26(41)20-11-22(38-39(20)24-19(28)5-4-8-33-24)36-21-7-6-17(13-34-21)27(29,30)31/h4-11,13-14H,1-3H3,(H,35,40)(H,37,41)(H,34,36,38). The van der Waals surface area contributed by atoms with E-state index >= 15 is 0 Å². The van der Waals surface area contributed by atoms with Crippen molar-refractivity contribution in [1.29, 1.82) is 5.26 Å². The summed E-state index contributed by atoms with van der Waals surface area (Å²) in [6, 6.07) is 11.1.